The second-order valence-corrected chi connectivity index (χ2v) is 6.17. The third kappa shape index (κ3) is 3.27. The molecule has 3 rings (SSSR count). The fraction of sp³-hybridized carbons (Fsp3) is 0.0714. The summed E-state index contributed by atoms with van der Waals surface area (Å²) in [6, 6.07) is 1.59. The molecule has 9 heteroatoms. The molecule has 0 saturated heterocycles. The van der Waals surface area contributed by atoms with Crippen LogP contribution in [0.2, 0.25) is 4.34 Å². The molecule has 0 aliphatic rings. The largest absolute Gasteiger partial charge is 0.319 e. The third-order valence-electron chi connectivity index (χ3n) is 2.87. The Bertz CT molecular complexity index is 870. The number of hydrogen-bond donors (Lipinski definition) is 1. The van der Waals surface area contributed by atoms with Crippen LogP contribution >= 0.6 is 22.9 Å². The van der Waals surface area contributed by atoms with Gasteiger partial charge in [0.2, 0.25) is 0 Å². The minimum atomic E-state index is -0.322. The number of carbonyl (C=O) groups is 1. The summed E-state index contributed by atoms with van der Waals surface area (Å²) in [5.74, 6) is 0.373. The van der Waals surface area contributed by atoms with Gasteiger partial charge in [0.15, 0.2) is 5.82 Å². The average Bonchev–Trinajstić information content (AvgIpc) is 3.17. The lowest BCUT2D eigenvalue weighted by atomic mass is 10.3. The molecule has 3 heterocycles. The molecule has 0 unspecified atom stereocenters. The van der Waals surface area contributed by atoms with E-state index in [4.69, 9.17) is 11.6 Å². The first kappa shape index (κ1) is 15.3. The zero-order valence-corrected chi connectivity index (χ0v) is 13.6. The Labute approximate surface area is 140 Å². The van der Waals surface area contributed by atoms with E-state index >= 15 is 0 Å². The van der Waals surface area contributed by atoms with E-state index in [2.05, 4.69) is 31.9 Å². The van der Waals surface area contributed by atoms with Crippen LogP contribution in [0.15, 0.2) is 36.7 Å². The molecule has 1 N–H and O–H groups in total. The summed E-state index contributed by atoms with van der Waals surface area (Å²) in [6.07, 6.45) is 4.68. The molecule has 0 saturated carbocycles. The van der Waals surface area contributed by atoms with Crippen molar-refractivity contribution >= 4 is 34.5 Å². The number of aromatic nitrogens is 5. The molecular formula is C14H11ClN6OS. The van der Waals surface area contributed by atoms with Gasteiger partial charge in [-0.1, -0.05) is 18.2 Å². The monoisotopic (exact) mass is 346 g/mol. The van der Waals surface area contributed by atoms with Gasteiger partial charge >= 0.3 is 0 Å². The third-order valence-corrected chi connectivity index (χ3v) is 3.96. The molecule has 0 aromatic carbocycles. The molecular weight excluding hydrogens is 336 g/mol. The molecule has 0 spiro atoms. The molecule has 1 amide bonds. The number of rotatable bonds is 4. The van der Waals surface area contributed by atoms with Crippen LogP contribution in [0.1, 0.15) is 21.7 Å². The Kier molecular flexibility index (Phi) is 4.18. The lowest BCUT2D eigenvalue weighted by Crippen LogP contribution is -2.23. The molecule has 0 aliphatic carbocycles. The predicted molar refractivity (Wildman–Crippen MR) is 87.5 cm³/mol. The number of thiophene rings is 1. The van der Waals surface area contributed by atoms with Crippen LogP contribution in [0.25, 0.3) is 11.6 Å². The fourth-order valence-corrected chi connectivity index (χ4v) is 2.64. The maximum Gasteiger partial charge on any atom is 0.256 e. The normalized spacial score (nSPS) is 10.5. The molecule has 7 nitrogen and oxygen atoms in total. The van der Waals surface area contributed by atoms with Gasteiger partial charge in [-0.05, 0) is 18.6 Å². The van der Waals surface area contributed by atoms with E-state index in [1.807, 2.05) is 6.92 Å². The molecule has 116 valence electrons. The summed E-state index contributed by atoms with van der Waals surface area (Å²) in [5.41, 5.74) is 1.68. The van der Waals surface area contributed by atoms with Crippen LogP contribution in [0.4, 0.5) is 0 Å². The molecule has 0 bridgehead atoms. The summed E-state index contributed by atoms with van der Waals surface area (Å²) in [5, 5.41) is 8.41. The maximum atomic E-state index is 12.1. The van der Waals surface area contributed by atoms with Crippen molar-refractivity contribution in [3.05, 3.63) is 58.0 Å². The smallest absolute Gasteiger partial charge is 0.256 e. The van der Waals surface area contributed by atoms with Crippen molar-refractivity contribution in [2.45, 2.75) is 6.92 Å². The molecule has 0 aliphatic heterocycles. The number of amides is 1. The Morgan fingerprint density at radius 1 is 1.35 bits per heavy atom. The van der Waals surface area contributed by atoms with Crippen LogP contribution in [0.5, 0.6) is 0 Å². The van der Waals surface area contributed by atoms with Gasteiger partial charge in [-0.15, -0.1) is 11.3 Å². The summed E-state index contributed by atoms with van der Waals surface area (Å²) < 4.78 is 1.94. The van der Waals surface area contributed by atoms with E-state index in [0.717, 1.165) is 5.56 Å². The summed E-state index contributed by atoms with van der Waals surface area (Å²) in [7, 11) is 0. The Hall–Kier alpha value is -2.58. The van der Waals surface area contributed by atoms with E-state index < -0.39 is 0 Å². The van der Waals surface area contributed by atoms with Gasteiger partial charge in [-0.2, -0.15) is 9.78 Å². The number of aryl methyl sites for hydroxylation is 1. The van der Waals surface area contributed by atoms with Crippen LogP contribution in [0, 0.1) is 6.92 Å². The van der Waals surface area contributed by atoms with E-state index in [9.17, 15) is 4.79 Å². The van der Waals surface area contributed by atoms with Gasteiger partial charge in [0.25, 0.3) is 11.9 Å². The van der Waals surface area contributed by atoms with E-state index in [0.29, 0.717) is 27.4 Å². The zero-order chi connectivity index (χ0) is 16.4. The zero-order valence-electron chi connectivity index (χ0n) is 12.0. The molecule has 3 aromatic rings. The summed E-state index contributed by atoms with van der Waals surface area (Å²) in [4.78, 5) is 24.6. The van der Waals surface area contributed by atoms with Crippen molar-refractivity contribution in [2.75, 3.05) is 0 Å². The molecule has 0 atom stereocenters. The first-order valence-electron chi connectivity index (χ1n) is 6.48. The maximum absolute atomic E-state index is 12.1. The Morgan fingerprint density at radius 3 is 2.74 bits per heavy atom. The van der Waals surface area contributed by atoms with Crippen LogP contribution in [-0.4, -0.2) is 30.6 Å². The van der Waals surface area contributed by atoms with Crippen LogP contribution in [-0.2, 0) is 0 Å². The van der Waals surface area contributed by atoms with Gasteiger partial charge in [-0.3, -0.25) is 4.79 Å². The minimum Gasteiger partial charge on any atom is -0.319 e. The minimum absolute atomic E-state index is 0.291. The topological polar surface area (TPSA) is 85.6 Å². The second kappa shape index (κ2) is 6.27. The van der Waals surface area contributed by atoms with Gasteiger partial charge in [-0.25, -0.2) is 15.0 Å². The number of nitrogens with zero attached hydrogens (tertiary/aromatic N) is 5. The van der Waals surface area contributed by atoms with E-state index in [1.165, 1.54) is 22.3 Å². The standard InChI is InChI=1S/C14H11ClN6OS/c1-8-4-16-14(17-5-8)21-12(18-7-19-21)9(2)20-13(22)10-3-11(15)23-6-10/h3-7H,2H2,1H3,(H,20,22). The van der Waals surface area contributed by atoms with Crippen molar-refractivity contribution < 1.29 is 4.79 Å². The average molecular weight is 347 g/mol. The van der Waals surface area contributed by atoms with Crippen molar-refractivity contribution in [3.63, 3.8) is 0 Å². The van der Waals surface area contributed by atoms with Gasteiger partial charge in [0.1, 0.15) is 6.33 Å². The second-order valence-electron chi connectivity index (χ2n) is 4.63. The predicted octanol–water partition coefficient (Wildman–Crippen LogP) is 2.48. The van der Waals surface area contributed by atoms with Crippen molar-refractivity contribution in [2.24, 2.45) is 0 Å². The number of carbonyl (C=O) groups excluding carboxylic acids is 1. The van der Waals surface area contributed by atoms with E-state index in [1.54, 1.807) is 23.8 Å². The van der Waals surface area contributed by atoms with Crippen LogP contribution < -0.4 is 5.32 Å². The number of nitrogens with one attached hydrogen (secondary N) is 1. The fourth-order valence-electron chi connectivity index (χ4n) is 1.78. The Morgan fingerprint density at radius 2 is 2.09 bits per heavy atom. The van der Waals surface area contributed by atoms with Crippen molar-refractivity contribution in [1.82, 2.24) is 30.0 Å². The highest BCUT2D eigenvalue weighted by Gasteiger charge is 2.16. The SMILES string of the molecule is C=C(NC(=O)c1csc(Cl)c1)c1ncnn1-c1ncc(C)cn1. The molecule has 0 radical (unpaired) electrons. The first-order chi connectivity index (χ1) is 11.0. The summed E-state index contributed by atoms with van der Waals surface area (Å²) in [6.45, 7) is 5.72. The highest BCUT2D eigenvalue weighted by atomic mass is 35.5. The Balaban J connectivity index is 1.82. The molecule has 3 aromatic heterocycles. The van der Waals surface area contributed by atoms with Gasteiger partial charge < -0.3 is 5.32 Å². The van der Waals surface area contributed by atoms with Gasteiger partial charge in [0.05, 0.1) is 15.6 Å². The highest BCUT2D eigenvalue weighted by molar-refractivity contribution is 7.14. The highest BCUT2D eigenvalue weighted by Crippen LogP contribution is 2.20. The van der Waals surface area contributed by atoms with Crippen LogP contribution in [0.3, 0.4) is 0 Å². The van der Waals surface area contributed by atoms with E-state index in [-0.39, 0.29) is 5.91 Å². The lowest BCUT2D eigenvalue weighted by molar-refractivity contribution is 0.0974. The first-order valence-corrected chi connectivity index (χ1v) is 7.74. The number of halogens is 1. The lowest BCUT2D eigenvalue weighted by Gasteiger charge is -2.08. The summed E-state index contributed by atoms with van der Waals surface area (Å²) >= 11 is 7.11. The van der Waals surface area contributed by atoms with Gasteiger partial charge in [0, 0.05) is 17.8 Å². The van der Waals surface area contributed by atoms with Crippen molar-refractivity contribution in [1.29, 1.82) is 0 Å². The molecule has 0 fully saturated rings. The quantitative estimate of drug-likeness (QED) is 0.784. The van der Waals surface area contributed by atoms with Crippen molar-refractivity contribution in [3.8, 4) is 5.95 Å². The molecule has 23 heavy (non-hydrogen) atoms. The number of hydrogen-bond acceptors (Lipinski definition) is 6.